The van der Waals surface area contributed by atoms with E-state index in [1.54, 1.807) is 35.7 Å². The van der Waals surface area contributed by atoms with Crippen LogP contribution in [0.15, 0.2) is 64.9 Å². The molecule has 0 spiro atoms. The average molecular weight is 448 g/mol. The minimum absolute atomic E-state index is 0.00140. The molecule has 2 heterocycles. The Balaban J connectivity index is 1.59. The number of carbonyl (C=O) groups is 1. The van der Waals surface area contributed by atoms with E-state index < -0.39 is 26.8 Å². The van der Waals surface area contributed by atoms with Gasteiger partial charge in [0, 0.05) is 17.0 Å². The van der Waals surface area contributed by atoms with E-state index in [9.17, 15) is 17.6 Å². The zero-order chi connectivity index (χ0) is 20.4. The first-order valence-electron chi connectivity index (χ1n) is 8.48. The summed E-state index contributed by atoms with van der Waals surface area (Å²) < 4.78 is 47.7. The van der Waals surface area contributed by atoms with Crippen LogP contribution in [0.4, 0.5) is 4.39 Å². The molecule has 0 saturated carbocycles. The number of hydrogen-bond donors (Lipinski definition) is 1. The maximum atomic E-state index is 13.2. The van der Waals surface area contributed by atoms with E-state index in [-0.39, 0.29) is 11.4 Å². The van der Waals surface area contributed by atoms with Gasteiger partial charge in [0.05, 0.1) is 16.6 Å². The highest BCUT2D eigenvalue weighted by atomic mass is 32.2. The van der Waals surface area contributed by atoms with Crippen LogP contribution in [-0.4, -0.2) is 29.6 Å². The molecule has 0 bridgehead atoms. The van der Waals surface area contributed by atoms with Gasteiger partial charge in [0.1, 0.15) is 22.1 Å². The van der Waals surface area contributed by atoms with E-state index in [0.717, 1.165) is 23.9 Å². The van der Waals surface area contributed by atoms with Gasteiger partial charge in [-0.1, -0.05) is 6.07 Å². The summed E-state index contributed by atoms with van der Waals surface area (Å²) in [6.07, 6.45) is 0. The second-order valence-corrected chi connectivity index (χ2v) is 9.82. The third kappa shape index (κ3) is 4.04. The van der Waals surface area contributed by atoms with Gasteiger partial charge >= 0.3 is 0 Å². The quantitative estimate of drug-likeness (QED) is 0.454. The Morgan fingerprint density at radius 3 is 2.55 bits per heavy atom. The second kappa shape index (κ2) is 7.97. The van der Waals surface area contributed by atoms with Crippen molar-refractivity contribution >= 4 is 49.8 Å². The molecule has 1 amide bonds. The number of sulfone groups is 1. The fourth-order valence-electron chi connectivity index (χ4n) is 2.84. The Morgan fingerprint density at radius 2 is 1.83 bits per heavy atom. The normalized spacial score (nSPS) is 12.7. The molecule has 29 heavy (non-hydrogen) atoms. The third-order valence-electron chi connectivity index (χ3n) is 4.34. The van der Waals surface area contributed by atoms with Crippen LogP contribution in [-0.2, 0) is 9.84 Å². The van der Waals surface area contributed by atoms with Gasteiger partial charge in [-0.2, -0.15) is 8.75 Å². The van der Waals surface area contributed by atoms with Crippen molar-refractivity contribution in [1.29, 1.82) is 0 Å². The molecular formula is C19H14FN3O3S3. The van der Waals surface area contributed by atoms with E-state index >= 15 is 0 Å². The van der Waals surface area contributed by atoms with Crippen molar-refractivity contribution in [3.8, 4) is 0 Å². The minimum atomic E-state index is -3.84. The van der Waals surface area contributed by atoms with Crippen LogP contribution in [0.1, 0.15) is 20.5 Å². The second-order valence-electron chi connectivity index (χ2n) is 6.18. The number of rotatable bonds is 6. The monoisotopic (exact) mass is 447 g/mol. The SMILES string of the molecule is O=C(NCC(c1cccs1)S(=O)(=O)c1ccc(F)cc1)c1ccc2nsnc2c1. The first-order chi connectivity index (χ1) is 13.9. The summed E-state index contributed by atoms with van der Waals surface area (Å²) in [5, 5.41) is 3.49. The van der Waals surface area contributed by atoms with Crippen LogP contribution >= 0.6 is 23.1 Å². The molecule has 148 valence electrons. The van der Waals surface area contributed by atoms with E-state index in [4.69, 9.17) is 0 Å². The summed E-state index contributed by atoms with van der Waals surface area (Å²) in [5.41, 5.74) is 1.67. The molecule has 0 fully saturated rings. The first-order valence-corrected chi connectivity index (χ1v) is 11.6. The van der Waals surface area contributed by atoms with Gasteiger partial charge in [0.15, 0.2) is 9.84 Å². The van der Waals surface area contributed by atoms with E-state index in [0.29, 0.717) is 21.5 Å². The van der Waals surface area contributed by atoms with Crippen molar-refractivity contribution in [3.05, 3.63) is 76.2 Å². The van der Waals surface area contributed by atoms with Gasteiger partial charge in [0.2, 0.25) is 0 Å². The fourth-order valence-corrected chi connectivity index (χ4v) is 6.14. The molecule has 1 unspecified atom stereocenters. The highest BCUT2D eigenvalue weighted by molar-refractivity contribution is 7.91. The zero-order valence-electron chi connectivity index (χ0n) is 14.8. The maximum Gasteiger partial charge on any atom is 0.251 e. The molecule has 0 radical (unpaired) electrons. The number of hydrogen-bond acceptors (Lipinski definition) is 7. The molecule has 0 saturated heterocycles. The molecule has 2 aromatic heterocycles. The lowest BCUT2D eigenvalue weighted by molar-refractivity contribution is 0.0954. The first kappa shape index (κ1) is 19.6. The molecule has 0 aliphatic heterocycles. The number of amides is 1. The Morgan fingerprint density at radius 1 is 1.07 bits per heavy atom. The van der Waals surface area contributed by atoms with Crippen molar-refractivity contribution in [2.45, 2.75) is 10.1 Å². The molecular weight excluding hydrogens is 433 g/mol. The van der Waals surface area contributed by atoms with Crippen LogP contribution in [0.25, 0.3) is 11.0 Å². The van der Waals surface area contributed by atoms with Gasteiger partial charge in [-0.3, -0.25) is 4.79 Å². The highest BCUT2D eigenvalue weighted by Crippen LogP contribution is 2.31. The van der Waals surface area contributed by atoms with Gasteiger partial charge in [-0.15, -0.1) is 11.3 Å². The van der Waals surface area contributed by atoms with Crippen molar-refractivity contribution in [2.24, 2.45) is 0 Å². The zero-order valence-corrected chi connectivity index (χ0v) is 17.2. The maximum absolute atomic E-state index is 13.2. The number of fused-ring (bicyclic) bond motifs is 1. The summed E-state index contributed by atoms with van der Waals surface area (Å²) in [6, 6.07) is 13.1. The lowest BCUT2D eigenvalue weighted by Gasteiger charge is -2.17. The van der Waals surface area contributed by atoms with Crippen LogP contribution in [0.2, 0.25) is 0 Å². The minimum Gasteiger partial charge on any atom is -0.350 e. The fraction of sp³-hybridized carbons (Fsp3) is 0.105. The molecule has 4 aromatic rings. The molecule has 4 rings (SSSR count). The predicted molar refractivity (Wildman–Crippen MR) is 110 cm³/mol. The number of nitrogens with zero attached hydrogens (tertiary/aromatic N) is 2. The summed E-state index contributed by atoms with van der Waals surface area (Å²) in [5.74, 6) is -0.924. The van der Waals surface area contributed by atoms with Crippen molar-refractivity contribution in [2.75, 3.05) is 6.54 Å². The van der Waals surface area contributed by atoms with Crippen LogP contribution in [0.3, 0.4) is 0 Å². The molecule has 0 aliphatic carbocycles. The molecule has 10 heteroatoms. The number of thiophene rings is 1. The van der Waals surface area contributed by atoms with Gasteiger partial charge < -0.3 is 5.32 Å². The van der Waals surface area contributed by atoms with Gasteiger partial charge in [0.25, 0.3) is 5.91 Å². The molecule has 2 aromatic carbocycles. The summed E-state index contributed by atoms with van der Waals surface area (Å²) in [4.78, 5) is 13.2. The Kier molecular flexibility index (Phi) is 5.39. The number of benzene rings is 2. The summed E-state index contributed by atoms with van der Waals surface area (Å²) in [6.45, 7) is -0.119. The Labute approximate surface area is 174 Å². The van der Waals surface area contributed by atoms with Gasteiger partial charge in [-0.25, -0.2) is 12.8 Å². The standard InChI is InChI=1S/C19H14FN3O3S3/c20-13-4-6-14(7-5-13)29(25,26)18(17-2-1-9-27-17)11-21-19(24)12-3-8-15-16(10-12)23-28-22-15/h1-10,18H,11H2,(H,21,24). The van der Waals surface area contributed by atoms with E-state index in [1.165, 1.54) is 23.5 Å². The predicted octanol–water partition coefficient (Wildman–Crippen LogP) is 3.84. The van der Waals surface area contributed by atoms with E-state index in [2.05, 4.69) is 14.1 Å². The summed E-state index contributed by atoms with van der Waals surface area (Å²) in [7, 11) is -3.84. The van der Waals surface area contributed by atoms with Crippen LogP contribution in [0.5, 0.6) is 0 Å². The number of aromatic nitrogens is 2. The lowest BCUT2D eigenvalue weighted by Crippen LogP contribution is -2.31. The molecule has 1 atom stereocenters. The average Bonchev–Trinajstić information content (AvgIpc) is 3.39. The molecule has 0 aliphatic rings. The van der Waals surface area contributed by atoms with Crippen molar-refractivity contribution < 1.29 is 17.6 Å². The van der Waals surface area contributed by atoms with Crippen LogP contribution in [0, 0.1) is 5.82 Å². The smallest absolute Gasteiger partial charge is 0.251 e. The number of halogens is 1. The van der Waals surface area contributed by atoms with Crippen molar-refractivity contribution in [3.63, 3.8) is 0 Å². The van der Waals surface area contributed by atoms with Crippen molar-refractivity contribution in [1.82, 2.24) is 14.1 Å². The third-order valence-corrected chi connectivity index (χ3v) is 8.13. The van der Waals surface area contributed by atoms with Gasteiger partial charge in [-0.05, 0) is 53.9 Å². The summed E-state index contributed by atoms with van der Waals surface area (Å²) >= 11 is 2.34. The highest BCUT2D eigenvalue weighted by Gasteiger charge is 2.30. The molecule has 1 N–H and O–H groups in total. The topological polar surface area (TPSA) is 89.0 Å². The number of nitrogens with one attached hydrogen (secondary N) is 1. The Hall–Kier alpha value is -2.69. The lowest BCUT2D eigenvalue weighted by atomic mass is 10.2. The molecule has 6 nitrogen and oxygen atoms in total. The number of carbonyl (C=O) groups excluding carboxylic acids is 1. The van der Waals surface area contributed by atoms with E-state index in [1.807, 2.05) is 0 Å². The van der Waals surface area contributed by atoms with Crippen LogP contribution < -0.4 is 5.32 Å². The largest absolute Gasteiger partial charge is 0.350 e. The Bertz CT molecular complexity index is 1250.